The summed E-state index contributed by atoms with van der Waals surface area (Å²) in [6, 6.07) is 0. The first kappa shape index (κ1) is 15.8. The van der Waals surface area contributed by atoms with Gasteiger partial charge in [-0.05, 0) is 0 Å². The van der Waals surface area contributed by atoms with E-state index in [4.69, 9.17) is 10.8 Å². The molecule has 6 heavy (non-hydrogen) atoms. The van der Waals surface area contributed by atoms with Gasteiger partial charge in [-0.3, -0.25) is 0 Å². The quantitative estimate of drug-likeness (QED) is 0.661. The van der Waals surface area contributed by atoms with Crippen molar-refractivity contribution in [1.29, 1.82) is 0 Å². The molecule has 0 aliphatic carbocycles. The lowest BCUT2D eigenvalue weighted by atomic mass is 10.8. The normalized spacial score (nSPS) is 5.00. The van der Waals surface area contributed by atoms with Crippen molar-refractivity contribution in [2.75, 3.05) is 13.2 Å². The highest BCUT2D eigenvalue weighted by Crippen LogP contribution is 1.33. The number of nitrogens with two attached hydrogens (primary N) is 1. The Morgan fingerprint density at radius 1 is 1.33 bits per heavy atom. The van der Waals surface area contributed by atoms with Gasteiger partial charge < -0.3 is 10.8 Å². The molecule has 0 aliphatic heterocycles. The monoisotopic (exact) mass is 221 g/mol. The van der Waals surface area contributed by atoms with Crippen LogP contribution in [-0.2, 0) is 0 Å². The Balaban J connectivity index is -0.0000000450. The first-order valence-electron chi connectivity index (χ1n) is 1.22. The number of aliphatic hydroxyl groups excluding tert-OH is 1. The van der Waals surface area contributed by atoms with Crippen LogP contribution in [0.1, 0.15) is 0 Å². The molecule has 0 atom stereocenters. The predicted molar refractivity (Wildman–Crippen MR) is 36.8 cm³/mol. The molecular weight excluding hydrogens is 214 g/mol. The number of halogens is 2. The lowest BCUT2D eigenvalue weighted by molar-refractivity contribution is 0.306. The molecule has 0 bridgehead atoms. The zero-order valence-electron chi connectivity index (χ0n) is 3.26. The van der Waals surface area contributed by atoms with Crippen molar-refractivity contribution in [3.8, 4) is 0 Å². The van der Waals surface area contributed by atoms with Crippen molar-refractivity contribution in [2.24, 2.45) is 5.73 Å². The molecule has 2 nitrogen and oxygen atoms in total. The van der Waals surface area contributed by atoms with Gasteiger partial charge in [-0.2, -0.15) is 0 Å². The summed E-state index contributed by atoms with van der Waals surface area (Å²) in [6.45, 7) is 0.472. The second-order valence-electron chi connectivity index (χ2n) is 0.512. The van der Waals surface area contributed by atoms with Crippen LogP contribution in [0.2, 0.25) is 0 Å². The fraction of sp³-hybridized carbons (Fsp3) is 1.00. The van der Waals surface area contributed by atoms with E-state index in [1.165, 1.54) is 0 Å². The molecule has 0 aliphatic rings. The van der Waals surface area contributed by atoms with Crippen LogP contribution in [0.4, 0.5) is 0 Å². The van der Waals surface area contributed by atoms with Gasteiger partial charge in [0.1, 0.15) is 0 Å². The fourth-order valence-corrected chi connectivity index (χ4v) is 0. The highest BCUT2D eigenvalue weighted by molar-refractivity contribution is 8.93. The molecule has 0 radical (unpaired) electrons. The van der Waals surface area contributed by atoms with E-state index < -0.39 is 0 Å². The molecule has 0 unspecified atom stereocenters. The van der Waals surface area contributed by atoms with Gasteiger partial charge in [-0.25, -0.2) is 0 Å². The van der Waals surface area contributed by atoms with Crippen LogP contribution in [-0.4, -0.2) is 18.3 Å². The summed E-state index contributed by atoms with van der Waals surface area (Å²) in [6.07, 6.45) is 0. The minimum atomic E-state index is 0. The van der Waals surface area contributed by atoms with Gasteiger partial charge in [-0.15, -0.1) is 34.0 Å². The van der Waals surface area contributed by atoms with Crippen molar-refractivity contribution in [2.45, 2.75) is 0 Å². The van der Waals surface area contributed by atoms with E-state index in [1.54, 1.807) is 0 Å². The summed E-state index contributed by atoms with van der Waals surface area (Å²) >= 11 is 0. The van der Waals surface area contributed by atoms with Crippen molar-refractivity contribution < 1.29 is 5.11 Å². The summed E-state index contributed by atoms with van der Waals surface area (Å²) in [7, 11) is 0. The summed E-state index contributed by atoms with van der Waals surface area (Å²) in [5.41, 5.74) is 4.78. The zero-order valence-corrected chi connectivity index (χ0v) is 6.68. The molecule has 4 heteroatoms. The van der Waals surface area contributed by atoms with Gasteiger partial charge in [-0.1, -0.05) is 0 Å². The van der Waals surface area contributed by atoms with E-state index in [-0.39, 0.29) is 40.6 Å². The van der Waals surface area contributed by atoms with Gasteiger partial charge in [0, 0.05) is 6.54 Å². The van der Waals surface area contributed by atoms with Crippen LogP contribution < -0.4 is 5.73 Å². The molecule has 0 spiro atoms. The van der Waals surface area contributed by atoms with Crippen molar-refractivity contribution in [3.05, 3.63) is 0 Å². The molecule has 0 amide bonds. The molecule has 0 fully saturated rings. The molecule has 0 saturated heterocycles. The maximum atomic E-state index is 7.75. The van der Waals surface area contributed by atoms with Crippen LogP contribution in [0.3, 0.4) is 0 Å². The Bertz CT molecular complexity index is 13.5. The molecule has 3 N–H and O–H groups in total. The van der Waals surface area contributed by atoms with Crippen LogP contribution in [0.15, 0.2) is 0 Å². The topological polar surface area (TPSA) is 46.2 Å². The van der Waals surface area contributed by atoms with Crippen molar-refractivity contribution in [3.63, 3.8) is 0 Å². The van der Waals surface area contributed by atoms with E-state index in [9.17, 15) is 0 Å². The molecule has 0 rings (SSSR count). The van der Waals surface area contributed by atoms with E-state index in [2.05, 4.69) is 0 Å². The molecule has 42 valence electrons. The third kappa shape index (κ3) is 20.8. The Morgan fingerprint density at radius 2 is 1.50 bits per heavy atom. The average Bonchev–Trinajstić information content (AvgIpc) is 1.37. The Kier molecular flexibility index (Phi) is 44.5. The van der Waals surface area contributed by atoms with Gasteiger partial charge in [0.05, 0.1) is 6.61 Å². The largest absolute Gasteiger partial charge is 0.395 e. The molecule has 0 heterocycles. The van der Waals surface area contributed by atoms with Gasteiger partial charge in [0.25, 0.3) is 0 Å². The van der Waals surface area contributed by atoms with Gasteiger partial charge >= 0.3 is 0 Å². The predicted octanol–water partition coefficient (Wildman–Crippen LogP) is 0.0932. The van der Waals surface area contributed by atoms with E-state index >= 15 is 0 Å². The van der Waals surface area contributed by atoms with E-state index in [1.807, 2.05) is 0 Å². The molecule has 0 aromatic rings. The van der Waals surface area contributed by atoms with Gasteiger partial charge in [0.2, 0.25) is 0 Å². The lowest BCUT2D eigenvalue weighted by Crippen LogP contribution is -2.02. The highest BCUT2D eigenvalue weighted by atomic mass is 79.9. The smallest absolute Gasteiger partial charge is 0.0553 e. The molecule has 0 aromatic carbocycles. The third-order valence-corrected chi connectivity index (χ3v) is 0.129. The van der Waals surface area contributed by atoms with Crippen LogP contribution in [0, 0.1) is 0 Å². The molecular formula is C2H9Br2NO. The van der Waals surface area contributed by atoms with E-state index in [0.29, 0.717) is 6.54 Å². The highest BCUT2D eigenvalue weighted by Gasteiger charge is 1.56. The number of hydrogen-bond donors (Lipinski definition) is 2. The van der Waals surface area contributed by atoms with Crippen molar-refractivity contribution >= 4 is 34.0 Å². The van der Waals surface area contributed by atoms with Crippen LogP contribution in [0.25, 0.3) is 0 Å². The summed E-state index contributed by atoms with van der Waals surface area (Å²) in [4.78, 5) is 0. The van der Waals surface area contributed by atoms with Gasteiger partial charge in [0.15, 0.2) is 0 Å². The lowest BCUT2D eigenvalue weighted by Gasteiger charge is -1.71. The maximum Gasteiger partial charge on any atom is 0.0553 e. The van der Waals surface area contributed by atoms with Crippen molar-refractivity contribution in [1.82, 2.24) is 0 Å². The minimum absolute atomic E-state index is 0. The number of aliphatic hydroxyl groups is 1. The SMILES string of the molecule is Br.Br.NCCO. The van der Waals surface area contributed by atoms with Crippen LogP contribution in [0.5, 0.6) is 0 Å². The molecule has 0 aromatic heterocycles. The van der Waals surface area contributed by atoms with E-state index in [0.717, 1.165) is 0 Å². The Labute approximate surface area is 58.3 Å². The standard InChI is InChI=1S/C2H7NO.2BrH/c3-1-2-4;;/h4H,1-3H2;2*1H. The summed E-state index contributed by atoms with van der Waals surface area (Å²) < 4.78 is 0. The molecule has 0 saturated carbocycles. The maximum absolute atomic E-state index is 7.75. The average molecular weight is 223 g/mol. The Morgan fingerprint density at radius 3 is 1.50 bits per heavy atom. The second-order valence-corrected chi connectivity index (χ2v) is 0.512. The summed E-state index contributed by atoms with van der Waals surface area (Å²) in [5, 5.41) is 7.75. The first-order chi connectivity index (χ1) is 1.91. The first-order valence-corrected chi connectivity index (χ1v) is 1.22. The number of hydrogen-bond acceptors (Lipinski definition) is 2. The van der Waals surface area contributed by atoms with Crippen LogP contribution >= 0.6 is 34.0 Å². The number of rotatable bonds is 1. The third-order valence-electron chi connectivity index (χ3n) is 0.129. The zero-order chi connectivity index (χ0) is 3.41. The minimum Gasteiger partial charge on any atom is -0.395 e. The second kappa shape index (κ2) is 16.9. The summed E-state index contributed by atoms with van der Waals surface area (Å²) in [5.74, 6) is 0. The Hall–Kier alpha value is 0.880. The fourth-order valence-electron chi connectivity index (χ4n) is 0.